The second-order valence-corrected chi connectivity index (χ2v) is 7.22. The molecule has 1 atom stereocenters. The number of rotatable bonds is 12. The smallest absolute Gasteiger partial charge is 0.338 e. The van der Waals surface area contributed by atoms with E-state index in [-0.39, 0.29) is 11.9 Å². The maximum atomic E-state index is 12.0. The summed E-state index contributed by atoms with van der Waals surface area (Å²) in [7, 11) is 0. The molecule has 2 rings (SSSR count). The molecule has 2 aromatic rings. The van der Waals surface area contributed by atoms with Gasteiger partial charge in [0, 0.05) is 18.5 Å². The van der Waals surface area contributed by atoms with Crippen LogP contribution in [0.1, 0.15) is 75.8 Å². The van der Waals surface area contributed by atoms with Crippen molar-refractivity contribution in [1.82, 2.24) is 9.97 Å². The first kappa shape index (κ1) is 21.8. The monoisotopic (exact) mass is 380 g/mol. The molecule has 0 N–H and O–H groups in total. The Bertz CT molecular complexity index is 711. The van der Waals surface area contributed by atoms with Crippen molar-refractivity contribution in [2.45, 2.75) is 71.1 Å². The van der Waals surface area contributed by atoms with Gasteiger partial charge in [0.2, 0.25) is 0 Å². The van der Waals surface area contributed by atoms with Gasteiger partial charge in [-0.2, -0.15) is 0 Å². The Morgan fingerprint density at radius 2 is 1.64 bits per heavy atom. The van der Waals surface area contributed by atoms with Gasteiger partial charge in [0.15, 0.2) is 0 Å². The number of hydrogen-bond donors (Lipinski definition) is 0. The number of carbonyl (C=O) groups excluding carboxylic acids is 1. The predicted molar refractivity (Wildman–Crippen MR) is 113 cm³/mol. The molecule has 0 spiro atoms. The van der Waals surface area contributed by atoms with Crippen LogP contribution in [-0.2, 0) is 11.2 Å². The van der Waals surface area contributed by atoms with Gasteiger partial charge >= 0.3 is 12.0 Å². The van der Waals surface area contributed by atoms with Gasteiger partial charge in [0.25, 0.3) is 0 Å². The van der Waals surface area contributed by atoms with E-state index < -0.39 is 5.97 Å². The van der Waals surface area contributed by atoms with E-state index in [0.29, 0.717) is 0 Å². The molecule has 0 fully saturated rings. The second kappa shape index (κ2) is 12.8. The summed E-state index contributed by atoms with van der Waals surface area (Å²) in [5.74, 6) is -0.318. The van der Waals surface area contributed by atoms with Crippen LogP contribution in [0.25, 0.3) is 0 Å². The molecule has 150 valence electrons. The first-order valence-electron chi connectivity index (χ1n) is 10.4. The summed E-state index contributed by atoms with van der Waals surface area (Å²) < 4.78 is 5.19. The Labute approximate surface area is 169 Å². The number of ether oxygens (including phenoxy) is 1. The zero-order valence-corrected chi connectivity index (χ0v) is 17.1. The summed E-state index contributed by atoms with van der Waals surface area (Å²) >= 11 is 0. The summed E-state index contributed by atoms with van der Waals surface area (Å²) in [6.07, 6.45) is 16.7. The van der Waals surface area contributed by atoms with Crippen molar-refractivity contribution in [3.8, 4) is 6.01 Å². The summed E-state index contributed by atoms with van der Waals surface area (Å²) in [6.45, 7) is 4.27. The van der Waals surface area contributed by atoms with E-state index in [2.05, 4.69) is 16.9 Å². The number of aryl methyl sites for hydroxylation is 1. The number of benzene rings is 1. The molecule has 4 heteroatoms. The van der Waals surface area contributed by atoms with Gasteiger partial charge in [-0.05, 0) is 29.9 Å². The third-order valence-corrected chi connectivity index (χ3v) is 4.79. The molecule has 0 aliphatic heterocycles. The zero-order chi connectivity index (χ0) is 20.0. The van der Waals surface area contributed by atoms with Crippen LogP contribution >= 0.6 is 0 Å². The zero-order valence-electron chi connectivity index (χ0n) is 17.1. The largest absolute Gasteiger partial charge is 0.388 e. The van der Waals surface area contributed by atoms with E-state index in [1.54, 1.807) is 12.4 Å². The van der Waals surface area contributed by atoms with Crippen LogP contribution in [0.15, 0.2) is 54.9 Å². The van der Waals surface area contributed by atoms with E-state index in [9.17, 15) is 4.79 Å². The van der Waals surface area contributed by atoms with Gasteiger partial charge in [-0.15, -0.1) is 0 Å². The van der Waals surface area contributed by atoms with Gasteiger partial charge in [-0.1, -0.05) is 88.8 Å². The van der Waals surface area contributed by atoms with Gasteiger partial charge < -0.3 is 4.74 Å². The highest BCUT2D eigenvalue weighted by molar-refractivity contribution is 5.83. The van der Waals surface area contributed by atoms with Crippen molar-refractivity contribution in [1.29, 1.82) is 0 Å². The first-order valence-corrected chi connectivity index (χ1v) is 10.4. The SMILES string of the molecule is CCCCCCCCCc1cnc(OC(=O)/C=C/C(C)c2ccccc2)nc1. The van der Waals surface area contributed by atoms with Crippen LogP contribution in [0.4, 0.5) is 0 Å². The van der Waals surface area contributed by atoms with Crippen molar-refractivity contribution in [2.75, 3.05) is 0 Å². The van der Waals surface area contributed by atoms with Crippen molar-refractivity contribution in [3.63, 3.8) is 0 Å². The van der Waals surface area contributed by atoms with E-state index >= 15 is 0 Å². The van der Waals surface area contributed by atoms with Crippen LogP contribution in [-0.4, -0.2) is 15.9 Å². The minimum absolute atomic E-state index is 0.102. The summed E-state index contributed by atoms with van der Waals surface area (Å²) in [5.41, 5.74) is 2.24. The quantitative estimate of drug-likeness (QED) is 0.256. The van der Waals surface area contributed by atoms with E-state index in [1.165, 1.54) is 44.6 Å². The van der Waals surface area contributed by atoms with Crippen molar-refractivity contribution in [3.05, 3.63) is 66.0 Å². The highest BCUT2D eigenvalue weighted by Crippen LogP contribution is 2.16. The van der Waals surface area contributed by atoms with Crippen molar-refractivity contribution < 1.29 is 9.53 Å². The third kappa shape index (κ3) is 8.47. The Hall–Kier alpha value is -2.49. The minimum Gasteiger partial charge on any atom is -0.388 e. The molecular weight excluding hydrogens is 348 g/mol. The minimum atomic E-state index is -0.456. The van der Waals surface area contributed by atoms with Gasteiger partial charge in [0.1, 0.15) is 0 Å². The molecule has 0 aliphatic carbocycles. The van der Waals surface area contributed by atoms with Gasteiger partial charge in [0.05, 0.1) is 0 Å². The Morgan fingerprint density at radius 3 is 2.32 bits per heavy atom. The molecule has 0 saturated carbocycles. The van der Waals surface area contributed by atoms with Gasteiger partial charge in [-0.25, -0.2) is 14.8 Å². The van der Waals surface area contributed by atoms with Crippen molar-refractivity contribution in [2.24, 2.45) is 0 Å². The van der Waals surface area contributed by atoms with E-state index in [0.717, 1.165) is 24.0 Å². The average molecular weight is 381 g/mol. The average Bonchev–Trinajstić information content (AvgIpc) is 2.73. The van der Waals surface area contributed by atoms with Gasteiger partial charge in [-0.3, -0.25) is 0 Å². The molecule has 0 radical (unpaired) electrons. The molecule has 28 heavy (non-hydrogen) atoms. The molecule has 0 amide bonds. The second-order valence-electron chi connectivity index (χ2n) is 7.22. The number of allylic oxidation sites excluding steroid dienone is 1. The normalized spacial score (nSPS) is 12.2. The Morgan fingerprint density at radius 1 is 1.00 bits per heavy atom. The molecule has 1 aromatic heterocycles. The fourth-order valence-corrected chi connectivity index (χ4v) is 3.03. The lowest BCUT2D eigenvalue weighted by molar-refractivity contribution is -0.129. The Balaban J connectivity index is 1.70. The topological polar surface area (TPSA) is 52.1 Å². The van der Waals surface area contributed by atoms with E-state index in [4.69, 9.17) is 4.74 Å². The van der Waals surface area contributed by atoms with E-state index in [1.807, 2.05) is 43.3 Å². The highest BCUT2D eigenvalue weighted by Gasteiger charge is 2.06. The van der Waals surface area contributed by atoms with Crippen LogP contribution in [0.2, 0.25) is 0 Å². The first-order chi connectivity index (χ1) is 13.7. The number of hydrogen-bond acceptors (Lipinski definition) is 4. The standard InChI is InChI=1S/C24H32N2O2/c1-3-4-5-6-7-8-10-13-21-18-25-24(26-19-21)28-23(27)17-16-20(2)22-14-11-9-12-15-22/h9,11-12,14-20H,3-8,10,13H2,1-2H3/b17-16+. The lowest BCUT2D eigenvalue weighted by atomic mass is 10.0. The summed E-state index contributed by atoms with van der Waals surface area (Å²) in [6, 6.07) is 10.1. The molecular formula is C24H32N2O2. The molecule has 0 aliphatic rings. The van der Waals surface area contributed by atoms with Crippen LogP contribution in [0.5, 0.6) is 6.01 Å². The predicted octanol–water partition coefficient (Wildman–Crippen LogP) is 6.04. The number of esters is 1. The number of carbonyl (C=O) groups is 1. The number of aromatic nitrogens is 2. The molecule has 1 unspecified atom stereocenters. The number of unbranched alkanes of at least 4 members (excludes halogenated alkanes) is 6. The molecule has 4 nitrogen and oxygen atoms in total. The van der Waals surface area contributed by atoms with Crippen LogP contribution in [0.3, 0.4) is 0 Å². The fourth-order valence-electron chi connectivity index (χ4n) is 3.03. The van der Waals surface area contributed by atoms with Crippen molar-refractivity contribution >= 4 is 5.97 Å². The molecule has 0 saturated heterocycles. The maximum Gasteiger partial charge on any atom is 0.338 e. The lowest BCUT2D eigenvalue weighted by Gasteiger charge is -2.06. The van der Waals surface area contributed by atoms with Crippen LogP contribution < -0.4 is 4.74 Å². The molecule has 0 bridgehead atoms. The lowest BCUT2D eigenvalue weighted by Crippen LogP contribution is -2.07. The van der Waals surface area contributed by atoms with Crippen LogP contribution in [0, 0.1) is 0 Å². The third-order valence-electron chi connectivity index (χ3n) is 4.79. The maximum absolute atomic E-state index is 12.0. The number of nitrogens with zero attached hydrogens (tertiary/aromatic N) is 2. The summed E-state index contributed by atoms with van der Waals surface area (Å²) in [4.78, 5) is 20.3. The Kier molecular flexibility index (Phi) is 9.98. The molecule has 1 aromatic carbocycles. The molecule has 1 heterocycles. The highest BCUT2D eigenvalue weighted by atomic mass is 16.5. The summed E-state index contributed by atoms with van der Waals surface area (Å²) in [5, 5.41) is 0. The fraction of sp³-hybridized carbons (Fsp3) is 0.458.